The molecule has 0 radical (unpaired) electrons. The Labute approximate surface area is 222 Å². The summed E-state index contributed by atoms with van der Waals surface area (Å²) in [7, 11) is 0. The van der Waals surface area contributed by atoms with Crippen LogP contribution in [0, 0.1) is 18.3 Å². The molecule has 200 valence electrons. The van der Waals surface area contributed by atoms with Crippen LogP contribution in [0.2, 0.25) is 0 Å². The van der Waals surface area contributed by atoms with Gasteiger partial charge in [-0.25, -0.2) is 9.97 Å². The van der Waals surface area contributed by atoms with E-state index < -0.39 is 0 Å². The molecule has 0 spiro atoms. The van der Waals surface area contributed by atoms with Crippen molar-refractivity contribution in [3.8, 4) is 6.07 Å². The third-order valence-corrected chi connectivity index (χ3v) is 5.08. The maximum absolute atomic E-state index is 8.85. The molecule has 0 saturated carbocycles. The van der Waals surface area contributed by atoms with Gasteiger partial charge < -0.3 is 10.2 Å². The Hall–Kier alpha value is -2.97. The molecule has 1 saturated heterocycles. The van der Waals surface area contributed by atoms with Crippen molar-refractivity contribution < 1.29 is 0 Å². The van der Waals surface area contributed by atoms with E-state index in [1.807, 2.05) is 71.9 Å². The minimum absolute atomic E-state index is 0.737. The van der Waals surface area contributed by atoms with E-state index in [1.54, 1.807) is 6.33 Å². The number of nitrogens with one attached hydrogen (secondary N) is 1. The fraction of sp³-hybridized carbons (Fsp3) is 0.516. The van der Waals surface area contributed by atoms with E-state index in [2.05, 4.69) is 59.7 Å². The number of nitriles is 1. The van der Waals surface area contributed by atoms with Crippen LogP contribution in [0.15, 0.2) is 60.5 Å². The summed E-state index contributed by atoms with van der Waals surface area (Å²) in [4.78, 5) is 11.1. The van der Waals surface area contributed by atoms with Gasteiger partial charge in [-0.1, -0.05) is 84.4 Å². The summed E-state index contributed by atoms with van der Waals surface area (Å²) in [6, 6.07) is 2.18. The van der Waals surface area contributed by atoms with Crippen molar-refractivity contribution in [3.63, 3.8) is 0 Å². The summed E-state index contributed by atoms with van der Waals surface area (Å²) in [5, 5.41) is 12.2. The van der Waals surface area contributed by atoms with Gasteiger partial charge in [-0.3, -0.25) is 0 Å². The number of nitrogens with zero attached hydrogens (tertiary/aromatic N) is 4. The number of aromatic nitrogens is 2. The van der Waals surface area contributed by atoms with Crippen LogP contribution in [0.25, 0.3) is 5.57 Å². The van der Waals surface area contributed by atoms with Crippen LogP contribution in [0.3, 0.4) is 0 Å². The monoisotopic (exact) mass is 493 g/mol. The standard InChI is InChI=1S/C14H20N4.C13H19N.2C2H6/c1-4-12(5-2)13-11(3)16-10-17-14(13)18-8-6-15-7-9-18;1-4-6-7-9-13(11-14)10-12(3)8-5-2;2*1-2/h4-5,10,15H,1,6-9H2,2-3H3;6-7,9-10H,4-5,8H2,1-3H3;2*1-2H3/b12-5-;7-6+,12-10+,13-9+;;. The molecule has 5 heteroatoms. The number of hydrogen-bond acceptors (Lipinski definition) is 5. The van der Waals surface area contributed by atoms with Crippen molar-refractivity contribution in [2.75, 3.05) is 31.1 Å². The minimum atomic E-state index is 0.737. The normalized spacial score (nSPS) is 13.9. The Morgan fingerprint density at radius 1 is 1.17 bits per heavy atom. The molecular weight excluding hydrogens is 442 g/mol. The highest BCUT2D eigenvalue weighted by atomic mass is 15.2. The lowest BCUT2D eigenvalue weighted by Crippen LogP contribution is -2.44. The molecule has 0 amide bonds. The molecule has 0 unspecified atom stereocenters. The number of allylic oxidation sites excluding steroid dienone is 9. The summed E-state index contributed by atoms with van der Waals surface area (Å²) in [6.45, 7) is 26.2. The van der Waals surface area contributed by atoms with E-state index >= 15 is 0 Å². The van der Waals surface area contributed by atoms with Crippen molar-refractivity contribution in [2.24, 2.45) is 0 Å². The van der Waals surface area contributed by atoms with Crippen LogP contribution in [0.4, 0.5) is 5.82 Å². The zero-order chi connectivity index (χ0) is 27.8. The molecule has 5 nitrogen and oxygen atoms in total. The molecule has 2 rings (SSSR count). The van der Waals surface area contributed by atoms with E-state index in [0.717, 1.165) is 73.7 Å². The molecule has 1 aliphatic rings. The van der Waals surface area contributed by atoms with Gasteiger partial charge in [0.05, 0.1) is 17.3 Å². The van der Waals surface area contributed by atoms with Crippen LogP contribution in [-0.4, -0.2) is 36.1 Å². The maximum atomic E-state index is 8.85. The third kappa shape index (κ3) is 13.8. The van der Waals surface area contributed by atoms with Crippen molar-refractivity contribution in [3.05, 3.63) is 71.8 Å². The van der Waals surface area contributed by atoms with Crippen LogP contribution in [0.1, 0.15) is 85.9 Å². The maximum Gasteiger partial charge on any atom is 0.140 e. The first-order chi connectivity index (χ1) is 17.5. The Morgan fingerprint density at radius 3 is 2.31 bits per heavy atom. The smallest absolute Gasteiger partial charge is 0.140 e. The lowest BCUT2D eigenvalue weighted by molar-refractivity contribution is 0.584. The predicted molar refractivity (Wildman–Crippen MR) is 160 cm³/mol. The molecule has 1 aromatic heterocycles. The summed E-state index contributed by atoms with van der Waals surface area (Å²) in [5.74, 6) is 1.02. The molecule has 36 heavy (non-hydrogen) atoms. The quantitative estimate of drug-likeness (QED) is 0.294. The first-order valence-electron chi connectivity index (χ1n) is 13.5. The first-order valence-corrected chi connectivity index (χ1v) is 13.5. The number of anilines is 1. The van der Waals surface area contributed by atoms with Crippen LogP contribution in [-0.2, 0) is 0 Å². The second kappa shape index (κ2) is 23.8. The van der Waals surface area contributed by atoms with Gasteiger partial charge in [0.1, 0.15) is 12.1 Å². The number of aryl methyl sites for hydroxylation is 1. The Balaban J connectivity index is 0. The van der Waals surface area contributed by atoms with Crippen molar-refractivity contribution in [2.45, 2.75) is 81.6 Å². The molecule has 0 aliphatic carbocycles. The molecule has 0 atom stereocenters. The fourth-order valence-corrected chi connectivity index (χ4v) is 3.44. The lowest BCUT2D eigenvalue weighted by atomic mass is 10.0. The topological polar surface area (TPSA) is 64.8 Å². The second-order valence-electron chi connectivity index (χ2n) is 7.65. The Kier molecular flexibility index (Phi) is 23.2. The summed E-state index contributed by atoms with van der Waals surface area (Å²) >= 11 is 0. The SMILES string of the molecule is C=C/C(=C/C)c1c(C)ncnc1N1CCNCC1.CC.CC.CC/C=C/C=C(C#N)\C=C(/C)CCC. The number of hydrogen-bond donors (Lipinski definition) is 1. The van der Waals surface area contributed by atoms with E-state index in [-0.39, 0.29) is 0 Å². The van der Waals surface area contributed by atoms with E-state index in [9.17, 15) is 0 Å². The average Bonchev–Trinajstić information content (AvgIpc) is 2.93. The molecule has 1 N–H and O–H groups in total. The number of piperazine rings is 1. The van der Waals surface area contributed by atoms with Crippen LogP contribution < -0.4 is 10.2 Å². The van der Waals surface area contributed by atoms with Crippen molar-refractivity contribution in [1.82, 2.24) is 15.3 Å². The molecule has 1 aliphatic heterocycles. The predicted octanol–water partition coefficient (Wildman–Crippen LogP) is 7.99. The highest BCUT2D eigenvalue weighted by molar-refractivity contribution is 5.81. The average molecular weight is 494 g/mol. The van der Waals surface area contributed by atoms with Gasteiger partial charge in [-0.05, 0) is 51.3 Å². The van der Waals surface area contributed by atoms with Gasteiger partial charge in [0.25, 0.3) is 0 Å². The highest BCUT2D eigenvalue weighted by Gasteiger charge is 2.18. The minimum Gasteiger partial charge on any atom is -0.353 e. The molecule has 1 aromatic rings. The summed E-state index contributed by atoms with van der Waals surface area (Å²) in [6.07, 6.45) is 16.6. The molecular formula is C31H51N5. The van der Waals surface area contributed by atoms with Gasteiger partial charge in [-0.2, -0.15) is 5.26 Å². The van der Waals surface area contributed by atoms with Gasteiger partial charge >= 0.3 is 0 Å². The number of rotatable bonds is 8. The molecule has 0 bridgehead atoms. The second-order valence-corrected chi connectivity index (χ2v) is 7.65. The molecule has 0 aromatic carbocycles. The van der Waals surface area contributed by atoms with Gasteiger partial charge in [0, 0.05) is 31.7 Å². The summed E-state index contributed by atoms with van der Waals surface area (Å²) in [5.41, 5.74) is 5.22. The van der Waals surface area contributed by atoms with E-state index in [1.165, 1.54) is 5.57 Å². The highest BCUT2D eigenvalue weighted by Crippen LogP contribution is 2.28. The Morgan fingerprint density at radius 2 is 1.81 bits per heavy atom. The summed E-state index contributed by atoms with van der Waals surface area (Å²) < 4.78 is 0. The van der Waals surface area contributed by atoms with Gasteiger partial charge in [0.15, 0.2) is 0 Å². The van der Waals surface area contributed by atoms with Crippen molar-refractivity contribution in [1.29, 1.82) is 5.26 Å². The largest absolute Gasteiger partial charge is 0.353 e. The molecule has 2 heterocycles. The zero-order valence-electron chi connectivity index (χ0n) is 24.5. The third-order valence-electron chi connectivity index (χ3n) is 5.08. The first kappa shape index (κ1) is 35.2. The van der Waals surface area contributed by atoms with Crippen LogP contribution in [0.5, 0.6) is 0 Å². The van der Waals surface area contributed by atoms with E-state index in [4.69, 9.17) is 5.26 Å². The van der Waals surface area contributed by atoms with Gasteiger partial charge in [0.2, 0.25) is 0 Å². The van der Waals surface area contributed by atoms with Gasteiger partial charge in [-0.15, -0.1) is 0 Å². The zero-order valence-corrected chi connectivity index (χ0v) is 24.5. The van der Waals surface area contributed by atoms with E-state index in [0.29, 0.717) is 0 Å². The Bertz CT molecular complexity index is 879. The molecule has 1 fully saturated rings. The fourth-order valence-electron chi connectivity index (χ4n) is 3.44. The van der Waals surface area contributed by atoms with Crippen LogP contribution >= 0.6 is 0 Å². The van der Waals surface area contributed by atoms with Crippen molar-refractivity contribution >= 4 is 11.4 Å². The lowest BCUT2D eigenvalue weighted by Gasteiger charge is -2.30.